The van der Waals surface area contributed by atoms with Gasteiger partial charge in [-0.05, 0) is 31.0 Å². The van der Waals surface area contributed by atoms with E-state index in [9.17, 15) is 8.78 Å². The number of hydrogen-bond donors (Lipinski definition) is 0. The third kappa shape index (κ3) is 1.73. The fourth-order valence-corrected chi connectivity index (χ4v) is 1.18. The highest BCUT2D eigenvalue weighted by Crippen LogP contribution is 2.26. The Labute approximate surface area is 80.8 Å². The highest BCUT2D eigenvalue weighted by Gasteiger charge is 2.14. The van der Waals surface area contributed by atoms with Crippen LogP contribution in [-0.2, 0) is 0 Å². The molecule has 0 aliphatic carbocycles. The van der Waals surface area contributed by atoms with Gasteiger partial charge in [-0.1, -0.05) is 18.2 Å². The summed E-state index contributed by atoms with van der Waals surface area (Å²) in [5, 5.41) is 0.0134. The van der Waals surface area contributed by atoms with Crippen molar-refractivity contribution in [2.75, 3.05) is 0 Å². The first-order valence-electron chi connectivity index (χ1n) is 3.75. The fourth-order valence-electron chi connectivity index (χ4n) is 1.04. The molecular formula is C10H9ClF2. The minimum absolute atomic E-state index is 0.0134. The van der Waals surface area contributed by atoms with Crippen LogP contribution in [0, 0.1) is 25.5 Å². The van der Waals surface area contributed by atoms with Crippen molar-refractivity contribution < 1.29 is 8.78 Å². The van der Waals surface area contributed by atoms with Gasteiger partial charge in [0.2, 0.25) is 0 Å². The van der Waals surface area contributed by atoms with E-state index < -0.39 is 11.6 Å². The maximum Gasteiger partial charge on any atom is 0.167 e. The Morgan fingerprint density at radius 1 is 1.31 bits per heavy atom. The summed E-state index contributed by atoms with van der Waals surface area (Å²) in [4.78, 5) is 0. The molecule has 0 spiro atoms. The summed E-state index contributed by atoms with van der Waals surface area (Å²) in [5.41, 5.74) is 0.997. The summed E-state index contributed by atoms with van der Waals surface area (Å²) >= 11 is 5.50. The predicted octanol–water partition coefficient (Wildman–Crippen LogP) is 3.79. The number of halogens is 3. The highest BCUT2D eigenvalue weighted by molar-refractivity contribution is 6.48. The SMILES string of the molecule is C=C(Cl)c1cc(C)c(C)c(F)c1F. The van der Waals surface area contributed by atoms with E-state index in [0.29, 0.717) is 11.1 Å². The van der Waals surface area contributed by atoms with Crippen molar-refractivity contribution in [3.05, 3.63) is 41.0 Å². The molecule has 0 amide bonds. The monoisotopic (exact) mass is 202 g/mol. The Bertz CT molecular complexity index is 370. The molecule has 0 fully saturated rings. The minimum Gasteiger partial charge on any atom is -0.203 e. The summed E-state index contributed by atoms with van der Waals surface area (Å²) in [6, 6.07) is 1.49. The van der Waals surface area contributed by atoms with E-state index in [2.05, 4.69) is 6.58 Å². The normalized spacial score (nSPS) is 10.2. The minimum atomic E-state index is -0.928. The Morgan fingerprint density at radius 2 is 1.85 bits per heavy atom. The molecule has 0 radical (unpaired) electrons. The lowest BCUT2D eigenvalue weighted by atomic mass is 10.0. The van der Waals surface area contributed by atoms with Crippen LogP contribution in [0.2, 0.25) is 0 Å². The zero-order chi connectivity index (χ0) is 10.2. The summed E-state index contributed by atoms with van der Waals surface area (Å²) in [5.74, 6) is -1.78. The van der Waals surface area contributed by atoms with Gasteiger partial charge < -0.3 is 0 Å². The van der Waals surface area contributed by atoms with Crippen LogP contribution in [0.5, 0.6) is 0 Å². The zero-order valence-corrected chi connectivity index (χ0v) is 8.17. The third-order valence-corrected chi connectivity index (χ3v) is 2.21. The molecule has 1 aromatic carbocycles. The van der Waals surface area contributed by atoms with Gasteiger partial charge in [0.15, 0.2) is 11.6 Å². The third-order valence-electron chi connectivity index (χ3n) is 2.00. The lowest BCUT2D eigenvalue weighted by Gasteiger charge is -2.07. The van der Waals surface area contributed by atoms with Crippen molar-refractivity contribution in [1.82, 2.24) is 0 Å². The second-order valence-electron chi connectivity index (χ2n) is 2.90. The Hall–Kier alpha value is -0.890. The van der Waals surface area contributed by atoms with Gasteiger partial charge in [0.05, 0.1) is 0 Å². The predicted molar refractivity (Wildman–Crippen MR) is 50.7 cm³/mol. The van der Waals surface area contributed by atoms with E-state index in [1.807, 2.05) is 0 Å². The molecule has 0 saturated carbocycles. The van der Waals surface area contributed by atoms with Gasteiger partial charge in [0.1, 0.15) is 0 Å². The zero-order valence-electron chi connectivity index (χ0n) is 7.42. The molecule has 70 valence electrons. The van der Waals surface area contributed by atoms with Crippen LogP contribution in [0.4, 0.5) is 8.78 Å². The average Bonchev–Trinajstić information content (AvgIpc) is 2.07. The van der Waals surface area contributed by atoms with Crippen molar-refractivity contribution >= 4 is 16.6 Å². The van der Waals surface area contributed by atoms with Gasteiger partial charge in [-0.25, -0.2) is 8.78 Å². The van der Waals surface area contributed by atoms with E-state index in [1.165, 1.54) is 13.0 Å². The van der Waals surface area contributed by atoms with E-state index in [4.69, 9.17) is 11.6 Å². The number of aryl methyl sites for hydroxylation is 1. The van der Waals surface area contributed by atoms with Crippen LogP contribution in [0.3, 0.4) is 0 Å². The van der Waals surface area contributed by atoms with Crippen LogP contribution < -0.4 is 0 Å². The van der Waals surface area contributed by atoms with E-state index in [1.54, 1.807) is 6.92 Å². The molecule has 1 aromatic rings. The first kappa shape index (κ1) is 10.2. The van der Waals surface area contributed by atoms with Crippen LogP contribution in [0.25, 0.3) is 5.03 Å². The molecule has 0 aliphatic heterocycles. The van der Waals surface area contributed by atoms with Crippen LogP contribution in [-0.4, -0.2) is 0 Å². The van der Waals surface area contributed by atoms with Crippen LogP contribution in [0.15, 0.2) is 12.6 Å². The molecule has 13 heavy (non-hydrogen) atoms. The molecule has 3 heteroatoms. The van der Waals surface area contributed by atoms with E-state index >= 15 is 0 Å². The second kappa shape index (κ2) is 3.46. The maximum atomic E-state index is 13.2. The average molecular weight is 203 g/mol. The molecule has 0 bridgehead atoms. The maximum absolute atomic E-state index is 13.2. The molecule has 0 saturated heterocycles. The first-order chi connectivity index (χ1) is 5.95. The Balaban J connectivity index is 3.50. The number of benzene rings is 1. The Morgan fingerprint density at radius 3 is 2.31 bits per heavy atom. The number of rotatable bonds is 1. The molecule has 1 rings (SSSR count). The molecule has 0 heterocycles. The molecule has 0 aliphatic rings. The molecule has 0 aromatic heterocycles. The number of hydrogen-bond acceptors (Lipinski definition) is 0. The fraction of sp³-hybridized carbons (Fsp3) is 0.200. The highest BCUT2D eigenvalue weighted by atomic mass is 35.5. The largest absolute Gasteiger partial charge is 0.203 e. The van der Waals surface area contributed by atoms with Gasteiger partial charge >= 0.3 is 0 Å². The van der Waals surface area contributed by atoms with Crippen molar-refractivity contribution in [2.45, 2.75) is 13.8 Å². The van der Waals surface area contributed by atoms with Crippen molar-refractivity contribution in [1.29, 1.82) is 0 Å². The van der Waals surface area contributed by atoms with E-state index in [0.717, 1.165) is 0 Å². The summed E-state index contributed by atoms with van der Waals surface area (Å²) < 4.78 is 26.3. The van der Waals surface area contributed by atoms with E-state index in [-0.39, 0.29) is 10.6 Å². The lowest BCUT2D eigenvalue weighted by Crippen LogP contribution is -1.97. The van der Waals surface area contributed by atoms with Gasteiger partial charge in [0.25, 0.3) is 0 Å². The molecular weight excluding hydrogens is 194 g/mol. The van der Waals surface area contributed by atoms with Crippen molar-refractivity contribution in [2.24, 2.45) is 0 Å². The summed E-state index contributed by atoms with van der Waals surface area (Å²) in [6.07, 6.45) is 0. The van der Waals surface area contributed by atoms with Crippen LogP contribution >= 0.6 is 11.6 Å². The molecule has 0 atom stereocenters. The topological polar surface area (TPSA) is 0 Å². The summed E-state index contributed by atoms with van der Waals surface area (Å²) in [7, 11) is 0. The summed E-state index contributed by atoms with van der Waals surface area (Å²) in [6.45, 7) is 6.57. The molecule has 0 unspecified atom stereocenters. The van der Waals surface area contributed by atoms with Gasteiger partial charge in [-0.3, -0.25) is 0 Å². The van der Waals surface area contributed by atoms with Crippen molar-refractivity contribution in [3.63, 3.8) is 0 Å². The van der Waals surface area contributed by atoms with Crippen LogP contribution in [0.1, 0.15) is 16.7 Å². The second-order valence-corrected chi connectivity index (χ2v) is 3.36. The standard InChI is InChI=1S/C10H9ClF2/c1-5-4-8(7(3)11)10(13)9(12)6(5)2/h4H,3H2,1-2H3. The lowest BCUT2D eigenvalue weighted by molar-refractivity contribution is 0.500. The molecule has 0 N–H and O–H groups in total. The van der Waals surface area contributed by atoms with Gasteiger partial charge in [-0.15, -0.1) is 0 Å². The smallest absolute Gasteiger partial charge is 0.167 e. The quantitative estimate of drug-likeness (QED) is 0.650. The Kier molecular flexibility index (Phi) is 2.71. The van der Waals surface area contributed by atoms with Crippen molar-refractivity contribution in [3.8, 4) is 0 Å². The van der Waals surface area contributed by atoms with Gasteiger partial charge in [0, 0.05) is 10.6 Å². The molecule has 0 nitrogen and oxygen atoms in total. The van der Waals surface area contributed by atoms with Gasteiger partial charge in [-0.2, -0.15) is 0 Å². The first-order valence-corrected chi connectivity index (χ1v) is 4.13.